The number of aromatic carboxylic acids is 1. The van der Waals surface area contributed by atoms with Gasteiger partial charge in [-0.3, -0.25) is 9.48 Å². The molecule has 22 heavy (non-hydrogen) atoms. The number of aromatic nitrogens is 2. The standard InChI is InChI=1S/C15H19N3O4/c1-8(13-9(2)17-18(4)10(13)3)14(19)16-7-11-5-6-12(22-11)15(20)21/h5-6,8H,7H2,1-4H3,(H,16,19)(H,20,21). The third-order valence-electron chi connectivity index (χ3n) is 3.70. The molecule has 0 saturated carbocycles. The van der Waals surface area contributed by atoms with Crippen LogP contribution in [0.4, 0.5) is 0 Å². The lowest BCUT2D eigenvalue weighted by molar-refractivity contribution is -0.122. The van der Waals surface area contributed by atoms with Crippen LogP contribution in [0, 0.1) is 13.8 Å². The van der Waals surface area contributed by atoms with Crippen LogP contribution in [-0.4, -0.2) is 26.8 Å². The Balaban J connectivity index is 2.03. The second-order valence-electron chi connectivity index (χ2n) is 5.22. The number of nitrogens with one attached hydrogen (secondary N) is 1. The third-order valence-corrected chi connectivity index (χ3v) is 3.70. The SMILES string of the molecule is Cc1nn(C)c(C)c1C(C)C(=O)NCc1ccc(C(=O)O)o1. The number of carbonyl (C=O) groups is 2. The number of hydrogen-bond donors (Lipinski definition) is 2. The molecular formula is C15H19N3O4. The number of carbonyl (C=O) groups excluding carboxylic acids is 1. The highest BCUT2D eigenvalue weighted by molar-refractivity contribution is 5.85. The van der Waals surface area contributed by atoms with Gasteiger partial charge in [-0.05, 0) is 32.9 Å². The molecule has 1 unspecified atom stereocenters. The van der Waals surface area contributed by atoms with Crippen LogP contribution in [0.3, 0.4) is 0 Å². The highest BCUT2D eigenvalue weighted by Crippen LogP contribution is 2.23. The Morgan fingerprint density at radius 3 is 2.59 bits per heavy atom. The van der Waals surface area contributed by atoms with Gasteiger partial charge in [-0.2, -0.15) is 5.10 Å². The van der Waals surface area contributed by atoms with Crippen LogP contribution in [0.25, 0.3) is 0 Å². The highest BCUT2D eigenvalue weighted by Gasteiger charge is 2.22. The molecule has 118 valence electrons. The minimum atomic E-state index is -1.13. The number of amides is 1. The number of aryl methyl sites for hydroxylation is 2. The summed E-state index contributed by atoms with van der Waals surface area (Å²) in [5.41, 5.74) is 2.69. The van der Waals surface area contributed by atoms with E-state index in [1.54, 1.807) is 4.68 Å². The first-order valence-corrected chi connectivity index (χ1v) is 6.91. The molecule has 2 aromatic heterocycles. The fourth-order valence-electron chi connectivity index (χ4n) is 2.46. The van der Waals surface area contributed by atoms with E-state index in [-0.39, 0.29) is 24.1 Å². The van der Waals surface area contributed by atoms with Crippen molar-refractivity contribution < 1.29 is 19.1 Å². The van der Waals surface area contributed by atoms with Crippen molar-refractivity contribution in [1.82, 2.24) is 15.1 Å². The van der Waals surface area contributed by atoms with Gasteiger partial charge in [0.1, 0.15) is 5.76 Å². The summed E-state index contributed by atoms with van der Waals surface area (Å²) >= 11 is 0. The smallest absolute Gasteiger partial charge is 0.371 e. The van der Waals surface area contributed by atoms with E-state index in [1.807, 2.05) is 27.8 Å². The number of hydrogen-bond acceptors (Lipinski definition) is 4. The summed E-state index contributed by atoms with van der Waals surface area (Å²) in [4.78, 5) is 23.0. The van der Waals surface area contributed by atoms with Gasteiger partial charge in [0.2, 0.25) is 11.7 Å². The lowest BCUT2D eigenvalue weighted by Gasteiger charge is -2.12. The minimum absolute atomic E-state index is 0.142. The Morgan fingerprint density at radius 2 is 2.09 bits per heavy atom. The molecule has 1 amide bonds. The van der Waals surface area contributed by atoms with Crippen LogP contribution < -0.4 is 5.32 Å². The summed E-state index contributed by atoms with van der Waals surface area (Å²) in [6, 6.07) is 2.90. The van der Waals surface area contributed by atoms with E-state index in [2.05, 4.69) is 10.4 Å². The lowest BCUT2D eigenvalue weighted by Crippen LogP contribution is -2.28. The third kappa shape index (κ3) is 3.03. The first-order valence-electron chi connectivity index (χ1n) is 6.91. The van der Waals surface area contributed by atoms with Gasteiger partial charge in [0.15, 0.2) is 0 Å². The van der Waals surface area contributed by atoms with Gasteiger partial charge in [0, 0.05) is 18.3 Å². The molecule has 2 rings (SSSR count). The topological polar surface area (TPSA) is 97.4 Å². The second-order valence-corrected chi connectivity index (χ2v) is 5.22. The van der Waals surface area contributed by atoms with Crippen LogP contribution in [0.5, 0.6) is 0 Å². The summed E-state index contributed by atoms with van der Waals surface area (Å²) in [6.45, 7) is 5.76. The first-order chi connectivity index (χ1) is 10.3. The van der Waals surface area contributed by atoms with Crippen LogP contribution in [0.15, 0.2) is 16.5 Å². The molecule has 0 fully saturated rings. The molecule has 2 aromatic rings. The van der Waals surface area contributed by atoms with Gasteiger partial charge < -0.3 is 14.8 Å². The molecule has 2 N–H and O–H groups in total. The van der Waals surface area contributed by atoms with Crippen LogP contribution in [0.1, 0.15) is 46.1 Å². The average Bonchev–Trinajstić information content (AvgIpc) is 3.02. The molecule has 0 aliphatic carbocycles. The van der Waals surface area contributed by atoms with Crippen molar-refractivity contribution in [3.63, 3.8) is 0 Å². The van der Waals surface area contributed by atoms with Crippen molar-refractivity contribution in [2.75, 3.05) is 0 Å². The normalized spacial score (nSPS) is 12.2. The average molecular weight is 305 g/mol. The maximum atomic E-state index is 12.3. The number of rotatable bonds is 5. The molecule has 0 spiro atoms. The van der Waals surface area contributed by atoms with Crippen LogP contribution in [0.2, 0.25) is 0 Å². The van der Waals surface area contributed by atoms with Crippen molar-refractivity contribution in [3.8, 4) is 0 Å². The monoisotopic (exact) mass is 305 g/mol. The van der Waals surface area contributed by atoms with Gasteiger partial charge >= 0.3 is 5.97 Å². The Bertz CT molecular complexity index is 714. The number of carboxylic acid groups (broad SMARTS) is 1. The maximum Gasteiger partial charge on any atom is 0.371 e. The van der Waals surface area contributed by atoms with Gasteiger partial charge in [-0.1, -0.05) is 0 Å². The summed E-state index contributed by atoms with van der Waals surface area (Å²) in [7, 11) is 1.84. The number of nitrogens with zero attached hydrogens (tertiary/aromatic N) is 2. The Labute approximate surface area is 127 Å². The molecule has 7 heteroatoms. The van der Waals surface area contributed by atoms with E-state index in [0.717, 1.165) is 17.0 Å². The molecule has 0 aliphatic heterocycles. The quantitative estimate of drug-likeness (QED) is 0.877. The minimum Gasteiger partial charge on any atom is -0.475 e. The molecule has 0 aromatic carbocycles. The fraction of sp³-hybridized carbons (Fsp3) is 0.400. The van der Waals surface area contributed by atoms with Gasteiger partial charge in [0.05, 0.1) is 18.2 Å². The largest absolute Gasteiger partial charge is 0.475 e. The van der Waals surface area contributed by atoms with E-state index < -0.39 is 5.97 Å². The first kappa shape index (κ1) is 15.8. The summed E-state index contributed by atoms with van der Waals surface area (Å²) in [5.74, 6) is -1.38. The van der Waals surface area contributed by atoms with Gasteiger partial charge in [-0.25, -0.2) is 4.79 Å². The van der Waals surface area contributed by atoms with Crippen molar-refractivity contribution in [3.05, 3.63) is 40.6 Å². The maximum absolute atomic E-state index is 12.3. The van der Waals surface area contributed by atoms with Gasteiger partial charge in [0.25, 0.3) is 0 Å². The van der Waals surface area contributed by atoms with Crippen LogP contribution >= 0.6 is 0 Å². The predicted octanol–water partition coefficient (Wildman–Crippen LogP) is 1.75. The molecule has 0 radical (unpaired) electrons. The molecule has 7 nitrogen and oxygen atoms in total. The zero-order valence-electron chi connectivity index (χ0n) is 13.0. The predicted molar refractivity (Wildman–Crippen MR) is 78.6 cm³/mol. The number of furan rings is 1. The van der Waals surface area contributed by atoms with Crippen LogP contribution in [-0.2, 0) is 18.4 Å². The van der Waals surface area contributed by atoms with Crippen molar-refractivity contribution in [1.29, 1.82) is 0 Å². The van der Waals surface area contributed by atoms with E-state index >= 15 is 0 Å². The summed E-state index contributed by atoms with van der Waals surface area (Å²) < 4.78 is 6.85. The second kappa shape index (κ2) is 6.05. The zero-order chi connectivity index (χ0) is 16.4. The molecule has 0 saturated heterocycles. The van der Waals surface area contributed by atoms with Gasteiger partial charge in [-0.15, -0.1) is 0 Å². The molecular weight excluding hydrogens is 286 g/mol. The summed E-state index contributed by atoms with van der Waals surface area (Å²) in [5, 5.41) is 15.8. The van der Waals surface area contributed by atoms with E-state index in [4.69, 9.17) is 9.52 Å². The van der Waals surface area contributed by atoms with E-state index in [9.17, 15) is 9.59 Å². The number of carboxylic acids is 1. The Kier molecular flexibility index (Phi) is 4.35. The summed E-state index contributed by atoms with van der Waals surface area (Å²) in [6.07, 6.45) is 0. The Hall–Kier alpha value is -2.57. The van der Waals surface area contributed by atoms with E-state index in [0.29, 0.717) is 5.76 Å². The molecule has 2 heterocycles. The zero-order valence-corrected chi connectivity index (χ0v) is 13.0. The highest BCUT2D eigenvalue weighted by atomic mass is 16.4. The fourth-order valence-corrected chi connectivity index (χ4v) is 2.46. The van der Waals surface area contributed by atoms with E-state index in [1.165, 1.54) is 12.1 Å². The van der Waals surface area contributed by atoms with Crippen molar-refractivity contribution >= 4 is 11.9 Å². The Morgan fingerprint density at radius 1 is 1.41 bits per heavy atom. The molecule has 1 atom stereocenters. The van der Waals surface area contributed by atoms with Crippen molar-refractivity contribution in [2.45, 2.75) is 33.2 Å². The molecule has 0 aliphatic rings. The molecule has 0 bridgehead atoms. The van der Waals surface area contributed by atoms with Crippen molar-refractivity contribution in [2.24, 2.45) is 7.05 Å². The lowest BCUT2D eigenvalue weighted by atomic mass is 9.98.